The first-order valence-corrected chi connectivity index (χ1v) is 7.55. The topological polar surface area (TPSA) is 66.8 Å². The molecule has 0 unspecified atom stereocenters. The number of carbonyl (C=O) groups excluding carboxylic acids is 1. The maximum atomic E-state index is 12.2. The number of carboxylic acid groups (broad SMARTS) is 1. The van der Waals surface area contributed by atoms with Gasteiger partial charge in [0.15, 0.2) is 0 Å². The minimum Gasteiger partial charge on any atom is -0.489 e. The quantitative estimate of drug-likeness (QED) is 0.489. The van der Waals surface area contributed by atoms with Crippen LogP contribution in [-0.4, -0.2) is 39.4 Å². The monoisotopic (exact) mass is 335 g/mol. The van der Waals surface area contributed by atoms with Crippen LogP contribution in [0.2, 0.25) is 0 Å². The number of carboxylic acids is 1. The van der Waals surface area contributed by atoms with Gasteiger partial charge in [-0.25, -0.2) is 0 Å². The molecule has 1 saturated heterocycles. The highest BCUT2D eigenvalue weighted by atomic mass is 32.2. The van der Waals surface area contributed by atoms with Gasteiger partial charge in [0.05, 0.1) is 4.91 Å². The average Bonchev–Trinajstić information content (AvgIpc) is 2.73. The Morgan fingerprint density at radius 3 is 2.86 bits per heavy atom. The van der Waals surface area contributed by atoms with Crippen LogP contribution in [0.5, 0.6) is 5.75 Å². The van der Waals surface area contributed by atoms with E-state index < -0.39 is 18.4 Å². The summed E-state index contributed by atoms with van der Waals surface area (Å²) in [5, 5.41) is 8.82. The molecule has 1 amide bonds. The van der Waals surface area contributed by atoms with Crippen LogP contribution in [0.15, 0.2) is 41.8 Å². The van der Waals surface area contributed by atoms with Crippen LogP contribution in [0.4, 0.5) is 0 Å². The molecule has 0 saturated carbocycles. The van der Waals surface area contributed by atoms with Gasteiger partial charge in [0.1, 0.15) is 23.2 Å². The summed E-state index contributed by atoms with van der Waals surface area (Å²) in [5.74, 6) is -0.894. The van der Waals surface area contributed by atoms with E-state index in [0.29, 0.717) is 17.3 Å². The highest BCUT2D eigenvalue weighted by molar-refractivity contribution is 8.26. The molecule has 1 aliphatic rings. The van der Waals surface area contributed by atoms with Crippen molar-refractivity contribution in [2.75, 3.05) is 13.2 Å². The van der Waals surface area contributed by atoms with E-state index >= 15 is 0 Å². The van der Waals surface area contributed by atoms with Crippen LogP contribution in [0.3, 0.4) is 0 Å². The summed E-state index contributed by atoms with van der Waals surface area (Å²) in [7, 11) is 0. The van der Waals surface area contributed by atoms with Gasteiger partial charge in [0.2, 0.25) is 0 Å². The maximum absolute atomic E-state index is 12.2. The molecule has 1 heterocycles. The average molecular weight is 335 g/mol. The summed E-state index contributed by atoms with van der Waals surface area (Å²) < 4.78 is 5.77. The summed E-state index contributed by atoms with van der Waals surface area (Å²) in [6.45, 7) is 3.51. The van der Waals surface area contributed by atoms with Gasteiger partial charge in [-0.1, -0.05) is 54.8 Å². The van der Waals surface area contributed by atoms with Gasteiger partial charge in [0.25, 0.3) is 5.91 Å². The lowest BCUT2D eigenvalue weighted by molar-refractivity contribution is -0.140. The Hall–Kier alpha value is -2.12. The highest BCUT2D eigenvalue weighted by Crippen LogP contribution is 2.34. The summed E-state index contributed by atoms with van der Waals surface area (Å²) in [4.78, 5) is 24.4. The number of hydrogen-bond donors (Lipinski definition) is 1. The molecule has 5 nitrogen and oxygen atoms in total. The maximum Gasteiger partial charge on any atom is 0.323 e. The number of nitrogens with zero attached hydrogens (tertiary/aromatic N) is 1. The standard InChI is InChI=1S/C15H13NO4S2/c1-2-7-20-11-6-4-3-5-10(11)8-12-14(19)16(9-13(17)18)15(21)22-12/h2-6,8H,1,7,9H2,(H,17,18)/b12-8-. The van der Waals surface area contributed by atoms with Crippen molar-refractivity contribution in [3.8, 4) is 5.75 Å². The molecule has 1 fully saturated rings. The number of ether oxygens (including phenoxy) is 1. The Kier molecular flexibility index (Phi) is 5.35. The van der Waals surface area contributed by atoms with Crippen LogP contribution in [-0.2, 0) is 9.59 Å². The van der Waals surface area contributed by atoms with Crippen LogP contribution in [0.25, 0.3) is 6.08 Å². The van der Waals surface area contributed by atoms with Crippen molar-refractivity contribution < 1.29 is 19.4 Å². The normalized spacial score (nSPS) is 16.2. The largest absolute Gasteiger partial charge is 0.489 e. The van der Waals surface area contributed by atoms with Crippen molar-refractivity contribution in [2.24, 2.45) is 0 Å². The second-order valence-electron chi connectivity index (χ2n) is 4.30. The minimum absolute atomic E-state index is 0.239. The van der Waals surface area contributed by atoms with E-state index in [4.69, 9.17) is 22.1 Å². The van der Waals surface area contributed by atoms with Gasteiger partial charge in [-0.05, 0) is 12.1 Å². The third kappa shape index (κ3) is 3.75. The van der Waals surface area contributed by atoms with E-state index in [0.717, 1.165) is 22.2 Å². The zero-order valence-electron chi connectivity index (χ0n) is 11.5. The molecule has 114 valence electrons. The Bertz CT molecular complexity index is 669. The lowest BCUT2D eigenvalue weighted by Gasteiger charge is -2.10. The predicted octanol–water partition coefficient (Wildman–Crippen LogP) is 2.54. The molecule has 0 aliphatic carbocycles. The summed E-state index contributed by atoms with van der Waals surface area (Å²) in [6.07, 6.45) is 3.28. The Labute approximate surface area is 137 Å². The molecular weight excluding hydrogens is 322 g/mol. The molecule has 1 aliphatic heterocycles. The van der Waals surface area contributed by atoms with E-state index in [9.17, 15) is 9.59 Å². The fourth-order valence-corrected chi connectivity index (χ4v) is 3.04. The lowest BCUT2D eigenvalue weighted by atomic mass is 10.2. The SMILES string of the molecule is C=CCOc1ccccc1/C=C1\SC(=S)N(CC(=O)O)C1=O. The number of hydrogen-bond acceptors (Lipinski definition) is 5. The number of rotatable bonds is 6. The molecule has 1 aromatic rings. The smallest absolute Gasteiger partial charge is 0.323 e. The molecule has 0 atom stereocenters. The fraction of sp³-hybridized carbons (Fsp3) is 0.133. The van der Waals surface area contributed by atoms with Crippen LogP contribution >= 0.6 is 24.0 Å². The van der Waals surface area contributed by atoms with Gasteiger partial charge in [0, 0.05) is 5.56 Å². The molecule has 1 N–H and O–H groups in total. The molecule has 2 rings (SSSR count). The fourth-order valence-electron chi connectivity index (χ4n) is 1.79. The number of thiocarbonyl (C=S) groups is 1. The Balaban J connectivity index is 2.27. The van der Waals surface area contributed by atoms with Crippen LogP contribution < -0.4 is 4.74 Å². The number of amides is 1. The predicted molar refractivity (Wildman–Crippen MR) is 89.6 cm³/mol. The second-order valence-corrected chi connectivity index (χ2v) is 5.97. The Morgan fingerprint density at radius 2 is 2.18 bits per heavy atom. The molecule has 0 bridgehead atoms. The first kappa shape index (κ1) is 16.3. The van der Waals surface area contributed by atoms with Crippen LogP contribution in [0, 0.1) is 0 Å². The van der Waals surface area contributed by atoms with E-state index in [1.54, 1.807) is 18.2 Å². The Morgan fingerprint density at radius 1 is 1.45 bits per heavy atom. The van der Waals surface area contributed by atoms with Crippen molar-refractivity contribution in [3.05, 3.63) is 47.4 Å². The number of thioether (sulfide) groups is 1. The summed E-state index contributed by atoms with van der Waals surface area (Å²) in [6, 6.07) is 7.24. The van der Waals surface area contributed by atoms with Gasteiger partial charge in [-0.2, -0.15) is 0 Å². The number of para-hydroxylation sites is 1. The van der Waals surface area contributed by atoms with Crippen molar-refractivity contribution in [1.82, 2.24) is 4.90 Å². The molecule has 22 heavy (non-hydrogen) atoms. The zero-order chi connectivity index (χ0) is 16.1. The van der Waals surface area contributed by atoms with E-state index in [1.807, 2.05) is 18.2 Å². The number of benzene rings is 1. The van der Waals surface area contributed by atoms with Gasteiger partial charge in [-0.15, -0.1) is 0 Å². The highest BCUT2D eigenvalue weighted by Gasteiger charge is 2.33. The lowest BCUT2D eigenvalue weighted by Crippen LogP contribution is -2.33. The van der Waals surface area contributed by atoms with Crippen molar-refractivity contribution in [3.63, 3.8) is 0 Å². The molecule has 7 heteroatoms. The summed E-state index contributed by atoms with van der Waals surface area (Å²) >= 11 is 6.13. The van der Waals surface area contributed by atoms with Crippen LogP contribution in [0.1, 0.15) is 5.56 Å². The summed E-state index contributed by atoms with van der Waals surface area (Å²) in [5.41, 5.74) is 0.722. The minimum atomic E-state index is -1.10. The number of aliphatic carboxylic acids is 1. The molecule has 0 spiro atoms. The van der Waals surface area contributed by atoms with E-state index in [1.165, 1.54) is 0 Å². The van der Waals surface area contributed by atoms with E-state index in [-0.39, 0.29) is 4.32 Å². The number of carbonyl (C=O) groups is 2. The zero-order valence-corrected chi connectivity index (χ0v) is 13.2. The van der Waals surface area contributed by atoms with E-state index in [2.05, 4.69) is 6.58 Å². The first-order chi connectivity index (χ1) is 10.5. The first-order valence-electron chi connectivity index (χ1n) is 6.33. The van der Waals surface area contributed by atoms with Crippen molar-refractivity contribution in [1.29, 1.82) is 0 Å². The third-order valence-corrected chi connectivity index (χ3v) is 4.11. The van der Waals surface area contributed by atoms with Crippen molar-refractivity contribution >= 4 is 46.3 Å². The van der Waals surface area contributed by atoms with Gasteiger partial charge < -0.3 is 9.84 Å². The third-order valence-electron chi connectivity index (χ3n) is 2.73. The second kappa shape index (κ2) is 7.24. The molecule has 0 aromatic heterocycles. The molecule has 0 radical (unpaired) electrons. The molecular formula is C15H13NO4S2. The van der Waals surface area contributed by atoms with Crippen molar-refractivity contribution in [2.45, 2.75) is 0 Å². The molecule has 1 aromatic carbocycles. The van der Waals surface area contributed by atoms with Gasteiger partial charge >= 0.3 is 5.97 Å². The van der Waals surface area contributed by atoms with Gasteiger partial charge in [-0.3, -0.25) is 14.5 Å².